The Hall–Kier alpha value is -0.570. The van der Waals surface area contributed by atoms with Crippen molar-refractivity contribution in [2.24, 2.45) is 5.41 Å². The molecule has 0 aliphatic carbocycles. The zero-order valence-corrected chi connectivity index (χ0v) is 10.8. The first kappa shape index (κ1) is 13.5. The fourth-order valence-electron chi connectivity index (χ4n) is 2.49. The van der Waals surface area contributed by atoms with E-state index in [2.05, 4.69) is 19.2 Å². The van der Waals surface area contributed by atoms with Crippen molar-refractivity contribution in [2.75, 3.05) is 13.1 Å². The monoisotopic (exact) mass is 227 g/mol. The molecule has 1 aliphatic heterocycles. The predicted molar refractivity (Wildman–Crippen MR) is 65.3 cm³/mol. The molecule has 3 heteroatoms. The van der Waals surface area contributed by atoms with Gasteiger partial charge >= 0.3 is 5.97 Å². The van der Waals surface area contributed by atoms with E-state index in [4.69, 9.17) is 4.74 Å². The molecule has 2 atom stereocenters. The highest BCUT2D eigenvalue weighted by atomic mass is 16.5. The molecule has 1 N–H and O–H groups in total. The van der Waals surface area contributed by atoms with Crippen LogP contribution in [0.15, 0.2) is 0 Å². The Morgan fingerprint density at radius 1 is 1.44 bits per heavy atom. The first-order valence-electron chi connectivity index (χ1n) is 6.56. The lowest BCUT2D eigenvalue weighted by Gasteiger charge is -2.27. The van der Waals surface area contributed by atoms with E-state index < -0.39 is 0 Å². The van der Waals surface area contributed by atoms with Crippen LogP contribution in [0, 0.1) is 5.41 Å². The van der Waals surface area contributed by atoms with E-state index in [0.717, 1.165) is 45.2 Å². The summed E-state index contributed by atoms with van der Waals surface area (Å²) in [5.74, 6) is 0.0142. The molecule has 0 aromatic heterocycles. The van der Waals surface area contributed by atoms with Crippen LogP contribution < -0.4 is 5.32 Å². The highest BCUT2D eigenvalue weighted by Crippen LogP contribution is 2.33. The van der Waals surface area contributed by atoms with Gasteiger partial charge in [-0.2, -0.15) is 0 Å². The molecule has 94 valence electrons. The third kappa shape index (κ3) is 3.21. The lowest BCUT2D eigenvalue weighted by Crippen LogP contribution is -2.36. The molecule has 0 radical (unpaired) electrons. The van der Waals surface area contributed by atoms with Crippen LogP contribution in [0.25, 0.3) is 0 Å². The molecule has 1 fully saturated rings. The van der Waals surface area contributed by atoms with Crippen LogP contribution in [0.1, 0.15) is 52.9 Å². The standard InChI is InChI=1S/C13H25NO2/c1-4-6-11(3)16-12(15)13(7-5-2)8-9-14-10-13/h11,14H,4-10H2,1-3H3. The zero-order valence-electron chi connectivity index (χ0n) is 10.8. The van der Waals surface area contributed by atoms with E-state index in [-0.39, 0.29) is 17.5 Å². The molecule has 16 heavy (non-hydrogen) atoms. The van der Waals surface area contributed by atoms with Gasteiger partial charge in [-0.15, -0.1) is 0 Å². The van der Waals surface area contributed by atoms with E-state index >= 15 is 0 Å². The summed E-state index contributed by atoms with van der Waals surface area (Å²) in [6.45, 7) is 7.96. The summed E-state index contributed by atoms with van der Waals surface area (Å²) >= 11 is 0. The second kappa shape index (κ2) is 6.24. The van der Waals surface area contributed by atoms with Gasteiger partial charge in [0.25, 0.3) is 0 Å². The quantitative estimate of drug-likeness (QED) is 0.709. The van der Waals surface area contributed by atoms with E-state index in [1.165, 1.54) is 0 Å². The summed E-state index contributed by atoms with van der Waals surface area (Å²) in [6, 6.07) is 0. The largest absolute Gasteiger partial charge is 0.462 e. The summed E-state index contributed by atoms with van der Waals surface area (Å²) in [5, 5.41) is 3.28. The van der Waals surface area contributed by atoms with Gasteiger partial charge in [0.15, 0.2) is 0 Å². The molecule has 0 spiro atoms. The number of esters is 1. The Kier molecular flexibility index (Phi) is 5.26. The number of hydrogen-bond donors (Lipinski definition) is 1. The normalized spacial score (nSPS) is 26.7. The maximum atomic E-state index is 12.2. The Labute approximate surface area is 98.9 Å². The summed E-state index contributed by atoms with van der Waals surface area (Å²) in [7, 11) is 0. The molecule has 1 aliphatic rings. The number of nitrogens with one attached hydrogen (secondary N) is 1. The van der Waals surface area contributed by atoms with Crippen molar-refractivity contribution in [3.63, 3.8) is 0 Å². The van der Waals surface area contributed by atoms with Crippen molar-refractivity contribution in [3.8, 4) is 0 Å². The molecule has 0 aromatic carbocycles. The predicted octanol–water partition coefficient (Wildman–Crippen LogP) is 2.50. The molecular formula is C13H25NO2. The van der Waals surface area contributed by atoms with Gasteiger partial charge in [-0.1, -0.05) is 26.7 Å². The topological polar surface area (TPSA) is 38.3 Å². The molecule has 0 bridgehead atoms. The number of rotatable bonds is 6. The van der Waals surface area contributed by atoms with Gasteiger partial charge in [0.2, 0.25) is 0 Å². The molecule has 1 rings (SSSR count). The van der Waals surface area contributed by atoms with Crippen molar-refractivity contribution in [3.05, 3.63) is 0 Å². The molecule has 1 saturated heterocycles. The highest BCUT2D eigenvalue weighted by Gasteiger charge is 2.42. The third-order valence-electron chi connectivity index (χ3n) is 3.41. The minimum atomic E-state index is -0.239. The van der Waals surface area contributed by atoms with Gasteiger partial charge in [0, 0.05) is 6.54 Å². The summed E-state index contributed by atoms with van der Waals surface area (Å²) in [4.78, 5) is 12.2. The number of ether oxygens (including phenoxy) is 1. The number of hydrogen-bond acceptors (Lipinski definition) is 3. The van der Waals surface area contributed by atoms with Crippen LogP contribution in [0.2, 0.25) is 0 Å². The molecular weight excluding hydrogens is 202 g/mol. The van der Waals surface area contributed by atoms with Gasteiger partial charge in [0.1, 0.15) is 0 Å². The first-order chi connectivity index (χ1) is 7.64. The van der Waals surface area contributed by atoms with Crippen molar-refractivity contribution in [1.29, 1.82) is 0 Å². The Morgan fingerprint density at radius 3 is 2.69 bits per heavy atom. The lowest BCUT2D eigenvalue weighted by molar-refractivity contribution is -0.160. The van der Waals surface area contributed by atoms with Crippen molar-refractivity contribution < 1.29 is 9.53 Å². The minimum Gasteiger partial charge on any atom is -0.462 e. The summed E-state index contributed by atoms with van der Waals surface area (Å²) < 4.78 is 5.55. The average Bonchev–Trinajstić information content (AvgIpc) is 2.68. The van der Waals surface area contributed by atoms with E-state index in [9.17, 15) is 4.79 Å². The molecule has 0 saturated carbocycles. The minimum absolute atomic E-state index is 0.0142. The Bertz CT molecular complexity index is 222. The molecule has 0 aromatic rings. The number of carbonyl (C=O) groups excluding carboxylic acids is 1. The van der Waals surface area contributed by atoms with Crippen LogP contribution >= 0.6 is 0 Å². The van der Waals surface area contributed by atoms with Crippen LogP contribution in [-0.4, -0.2) is 25.2 Å². The fourth-order valence-corrected chi connectivity index (χ4v) is 2.49. The summed E-state index contributed by atoms with van der Waals surface area (Å²) in [5.41, 5.74) is -0.239. The highest BCUT2D eigenvalue weighted by molar-refractivity contribution is 5.77. The van der Waals surface area contributed by atoms with Gasteiger partial charge in [-0.25, -0.2) is 0 Å². The van der Waals surface area contributed by atoms with Crippen molar-refractivity contribution in [2.45, 2.75) is 59.0 Å². The van der Waals surface area contributed by atoms with E-state index in [0.29, 0.717) is 0 Å². The van der Waals surface area contributed by atoms with Gasteiger partial charge in [0.05, 0.1) is 11.5 Å². The van der Waals surface area contributed by atoms with E-state index in [1.54, 1.807) is 0 Å². The van der Waals surface area contributed by atoms with Crippen LogP contribution in [-0.2, 0) is 9.53 Å². The SMILES string of the molecule is CCCC(C)OC(=O)C1(CCC)CCNC1. The van der Waals surface area contributed by atoms with Crippen molar-refractivity contribution in [1.82, 2.24) is 5.32 Å². The van der Waals surface area contributed by atoms with Crippen LogP contribution in [0.4, 0.5) is 0 Å². The van der Waals surface area contributed by atoms with Gasteiger partial charge in [-0.05, 0) is 32.7 Å². The fraction of sp³-hybridized carbons (Fsp3) is 0.923. The Balaban J connectivity index is 2.54. The Morgan fingerprint density at radius 2 is 2.19 bits per heavy atom. The second-order valence-corrected chi connectivity index (χ2v) is 4.96. The second-order valence-electron chi connectivity index (χ2n) is 4.96. The molecule has 2 unspecified atom stereocenters. The van der Waals surface area contributed by atoms with Gasteiger partial charge < -0.3 is 10.1 Å². The summed E-state index contributed by atoms with van der Waals surface area (Å²) in [6.07, 6.45) is 5.00. The zero-order chi connectivity index (χ0) is 12.0. The van der Waals surface area contributed by atoms with Gasteiger partial charge in [-0.3, -0.25) is 4.79 Å². The third-order valence-corrected chi connectivity index (χ3v) is 3.41. The first-order valence-corrected chi connectivity index (χ1v) is 6.56. The van der Waals surface area contributed by atoms with Crippen molar-refractivity contribution >= 4 is 5.97 Å². The molecule has 1 heterocycles. The molecule has 3 nitrogen and oxygen atoms in total. The lowest BCUT2D eigenvalue weighted by atomic mass is 9.82. The average molecular weight is 227 g/mol. The maximum Gasteiger partial charge on any atom is 0.313 e. The van der Waals surface area contributed by atoms with Crippen LogP contribution in [0.5, 0.6) is 0 Å². The number of carbonyl (C=O) groups is 1. The smallest absolute Gasteiger partial charge is 0.313 e. The van der Waals surface area contributed by atoms with Crippen LogP contribution in [0.3, 0.4) is 0 Å². The maximum absolute atomic E-state index is 12.2. The van der Waals surface area contributed by atoms with E-state index in [1.807, 2.05) is 6.92 Å². The molecule has 0 amide bonds.